The molecule has 3 heteroatoms. The van der Waals surface area contributed by atoms with Gasteiger partial charge in [0.1, 0.15) is 0 Å². The first-order chi connectivity index (χ1) is 9.83. The Morgan fingerprint density at radius 2 is 2.25 bits per heavy atom. The van der Waals surface area contributed by atoms with Gasteiger partial charge in [0, 0.05) is 28.7 Å². The smallest absolute Gasteiger partial charge is 0.0896 e. The SMILES string of the molecule is Cc1ccc2c(c1)[C@@H]1OCCC[C@@H]1[C@H](c1cccs1)N2. The van der Waals surface area contributed by atoms with Gasteiger partial charge in [0.2, 0.25) is 0 Å². The maximum atomic E-state index is 6.16. The largest absolute Gasteiger partial charge is 0.377 e. The molecule has 0 amide bonds. The summed E-state index contributed by atoms with van der Waals surface area (Å²) < 4.78 is 6.16. The summed E-state index contributed by atoms with van der Waals surface area (Å²) in [4.78, 5) is 1.43. The summed E-state index contributed by atoms with van der Waals surface area (Å²) in [5.74, 6) is 0.552. The lowest BCUT2D eigenvalue weighted by atomic mass is 9.79. The molecule has 2 nitrogen and oxygen atoms in total. The third-order valence-electron chi connectivity index (χ3n) is 4.47. The zero-order valence-electron chi connectivity index (χ0n) is 11.6. The normalized spacial score (nSPS) is 28.4. The maximum absolute atomic E-state index is 6.16. The quantitative estimate of drug-likeness (QED) is 0.820. The van der Waals surface area contributed by atoms with Gasteiger partial charge >= 0.3 is 0 Å². The monoisotopic (exact) mass is 285 g/mol. The number of benzene rings is 1. The topological polar surface area (TPSA) is 21.3 Å². The summed E-state index contributed by atoms with van der Waals surface area (Å²) >= 11 is 1.84. The summed E-state index contributed by atoms with van der Waals surface area (Å²) in [5.41, 5.74) is 3.91. The molecule has 2 aliphatic rings. The molecular weight excluding hydrogens is 266 g/mol. The Morgan fingerprint density at radius 1 is 1.30 bits per heavy atom. The van der Waals surface area contributed by atoms with Crippen molar-refractivity contribution >= 4 is 17.0 Å². The van der Waals surface area contributed by atoms with Crippen molar-refractivity contribution in [2.45, 2.75) is 31.9 Å². The molecule has 0 unspecified atom stereocenters. The zero-order valence-corrected chi connectivity index (χ0v) is 12.5. The van der Waals surface area contributed by atoms with Crippen molar-refractivity contribution in [2.24, 2.45) is 5.92 Å². The van der Waals surface area contributed by atoms with Crippen molar-refractivity contribution in [3.8, 4) is 0 Å². The van der Waals surface area contributed by atoms with Crippen LogP contribution in [0.4, 0.5) is 5.69 Å². The van der Waals surface area contributed by atoms with E-state index >= 15 is 0 Å². The van der Waals surface area contributed by atoms with Gasteiger partial charge in [-0.3, -0.25) is 0 Å². The Morgan fingerprint density at radius 3 is 3.10 bits per heavy atom. The summed E-state index contributed by atoms with van der Waals surface area (Å²) in [5, 5.41) is 5.92. The third kappa shape index (κ3) is 1.97. The molecule has 0 aliphatic carbocycles. The van der Waals surface area contributed by atoms with Gasteiger partial charge in [0.25, 0.3) is 0 Å². The molecule has 1 saturated heterocycles. The highest BCUT2D eigenvalue weighted by Crippen LogP contribution is 2.49. The van der Waals surface area contributed by atoms with E-state index < -0.39 is 0 Å². The highest BCUT2D eigenvalue weighted by atomic mass is 32.1. The lowest BCUT2D eigenvalue weighted by molar-refractivity contribution is -0.0378. The number of hydrogen-bond acceptors (Lipinski definition) is 3. The molecule has 2 aromatic rings. The van der Waals surface area contributed by atoms with E-state index in [-0.39, 0.29) is 6.10 Å². The van der Waals surface area contributed by atoms with Gasteiger partial charge in [-0.15, -0.1) is 11.3 Å². The fraction of sp³-hybridized carbons (Fsp3) is 0.412. The highest BCUT2D eigenvalue weighted by Gasteiger charge is 2.40. The van der Waals surface area contributed by atoms with Gasteiger partial charge in [0.05, 0.1) is 12.1 Å². The Kier molecular flexibility index (Phi) is 3.04. The molecule has 20 heavy (non-hydrogen) atoms. The van der Waals surface area contributed by atoms with E-state index in [1.165, 1.54) is 34.5 Å². The minimum absolute atomic E-state index is 0.256. The summed E-state index contributed by atoms with van der Waals surface area (Å²) in [6, 6.07) is 11.5. The average Bonchev–Trinajstić information content (AvgIpc) is 3.01. The van der Waals surface area contributed by atoms with Crippen molar-refractivity contribution in [2.75, 3.05) is 11.9 Å². The number of fused-ring (bicyclic) bond motifs is 3. The molecular formula is C17H19NOS. The Labute approximate surface area is 123 Å². The standard InChI is InChI=1S/C17H19NOS/c1-11-6-7-14-13(10-11)17-12(4-2-8-19-17)16(18-14)15-5-3-9-20-15/h3,5-7,9-10,12,16-18H,2,4,8H2,1H3/t12-,16-,17-/m1/s1. The molecule has 0 bridgehead atoms. The second-order valence-corrected chi connectivity index (χ2v) is 6.80. The van der Waals surface area contributed by atoms with E-state index in [0.29, 0.717) is 12.0 Å². The molecule has 1 fully saturated rings. The lowest BCUT2D eigenvalue weighted by Gasteiger charge is -2.43. The van der Waals surface area contributed by atoms with Crippen LogP contribution in [-0.4, -0.2) is 6.61 Å². The molecule has 2 aliphatic heterocycles. The van der Waals surface area contributed by atoms with E-state index in [1.807, 2.05) is 11.3 Å². The van der Waals surface area contributed by atoms with Crippen molar-refractivity contribution in [1.29, 1.82) is 0 Å². The van der Waals surface area contributed by atoms with Crippen LogP contribution >= 0.6 is 11.3 Å². The number of aryl methyl sites for hydroxylation is 1. The van der Waals surface area contributed by atoms with Crippen molar-refractivity contribution < 1.29 is 4.74 Å². The zero-order chi connectivity index (χ0) is 13.5. The van der Waals surface area contributed by atoms with Crippen LogP contribution in [0.1, 0.15) is 41.0 Å². The fourth-order valence-corrected chi connectivity index (χ4v) is 4.39. The van der Waals surface area contributed by atoms with Crippen LogP contribution in [-0.2, 0) is 4.74 Å². The van der Waals surface area contributed by atoms with Crippen LogP contribution in [0.3, 0.4) is 0 Å². The number of ether oxygens (including phenoxy) is 1. The van der Waals surface area contributed by atoms with Crippen LogP contribution in [0.2, 0.25) is 0 Å². The predicted molar refractivity (Wildman–Crippen MR) is 83.3 cm³/mol. The van der Waals surface area contributed by atoms with E-state index in [1.54, 1.807) is 0 Å². The first-order valence-electron chi connectivity index (χ1n) is 7.35. The second-order valence-electron chi connectivity index (χ2n) is 5.83. The summed E-state index contributed by atoms with van der Waals surface area (Å²) in [6.45, 7) is 3.05. The molecule has 0 radical (unpaired) electrons. The minimum Gasteiger partial charge on any atom is -0.377 e. The van der Waals surface area contributed by atoms with Gasteiger partial charge in [0.15, 0.2) is 0 Å². The van der Waals surface area contributed by atoms with E-state index in [2.05, 4.69) is 48.0 Å². The Hall–Kier alpha value is -1.32. The lowest BCUT2D eigenvalue weighted by Crippen LogP contribution is -2.35. The molecule has 1 N–H and O–H groups in total. The van der Waals surface area contributed by atoms with Crippen LogP contribution in [0.25, 0.3) is 0 Å². The Bertz CT molecular complexity index is 607. The van der Waals surface area contributed by atoms with E-state index in [9.17, 15) is 0 Å². The first kappa shape index (κ1) is 12.4. The van der Waals surface area contributed by atoms with Gasteiger partial charge < -0.3 is 10.1 Å². The van der Waals surface area contributed by atoms with E-state index in [0.717, 1.165) is 6.61 Å². The molecule has 3 atom stereocenters. The molecule has 0 saturated carbocycles. The van der Waals surface area contributed by atoms with Gasteiger partial charge in [-0.25, -0.2) is 0 Å². The first-order valence-corrected chi connectivity index (χ1v) is 8.23. The molecule has 3 heterocycles. The number of anilines is 1. The number of hydrogen-bond donors (Lipinski definition) is 1. The van der Waals surface area contributed by atoms with Gasteiger partial charge in [-0.05, 0) is 37.3 Å². The number of rotatable bonds is 1. The van der Waals surface area contributed by atoms with Crippen LogP contribution in [0.5, 0.6) is 0 Å². The third-order valence-corrected chi connectivity index (χ3v) is 5.43. The minimum atomic E-state index is 0.256. The second kappa shape index (κ2) is 4.90. The predicted octanol–water partition coefficient (Wildman–Crippen LogP) is 4.69. The van der Waals surface area contributed by atoms with Crippen molar-refractivity contribution in [3.05, 3.63) is 51.7 Å². The molecule has 1 aromatic heterocycles. The van der Waals surface area contributed by atoms with Crippen LogP contribution in [0.15, 0.2) is 35.7 Å². The van der Waals surface area contributed by atoms with Crippen LogP contribution < -0.4 is 5.32 Å². The van der Waals surface area contributed by atoms with Gasteiger partial charge in [-0.2, -0.15) is 0 Å². The van der Waals surface area contributed by atoms with Crippen LogP contribution in [0, 0.1) is 12.8 Å². The summed E-state index contributed by atoms with van der Waals surface area (Å²) in [6.07, 6.45) is 2.67. The number of nitrogens with one attached hydrogen (secondary N) is 1. The van der Waals surface area contributed by atoms with Crippen molar-refractivity contribution in [3.63, 3.8) is 0 Å². The Balaban J connectivity index is 1.79. The van der Waals surface area contributed by atoms with E-state index in [4.69, 9.17) is 4.74 Å². The molecule has 104 valence electrons. The fourth-order valence-electron chi connectivity index (χ4n) is 3.54. The molecule has 1 aromatic carbocycles. The van der Waals surface area contributed by atoms with Gasteiger partial charge in [-0.1, -0.05) is 23.8 Å². The maximum Gasteiger partial charge on any atom is 0.0896 e. The molecule has 0 spiro atoms. The molecule has 4 rings (SSSR count). The number of thiophene rings is 1. The van der Waals surface area contributed by atoms with Crippen molar-refractivity contribution in [1.82, 2.24) is 0 Å². The average molecular weight is 285 g/mol. The highest BCUT2D eigenvalue weighted by molar-refractivity contribution is 7.10. The summed E-state index contributed by atoms with van der Waals surface area (Å²) in [7, 11) is 0.